The van der Waals surface area contributed by atoms with Crippen molar-refractivity contribution >= 4 is 17.1 Å². The van der Waals surface area contributed by atoms with Gasteiger partial charge >= 0.3 is 0 Å². The Morgan fingerprint density at radius 3 is 2.36 bits per heavy atom. The Balaban J connectivity index is 1.47. The highest BCUT2D eigenvalue weighted by atomic mass is 19.1. The van der Waals surface area contributed by atoms with Crippen LogP contribution in [0, 0.1) is 21.7 Å². The standard InChI is InChI=1S/C19H22F2N4O3/c20-14-1-4-16(5-2-14)24-9-7-23(8-10-24)13-17(26)12-22-18-6-3-15(21)11-19(18)25(27)28/h1-6,11,17,22,26H,7-10,12-13H2. The largest absolute Gasteiger partial charge is 0.390 e. The van der Waals surface area contributed by atoms with Crippen molar-refractivity contribution in [1.29, 1.82) is 0 Å². The molecule has 2 aromatic rings. The normalized spacial score (nSPS) is 16.0. The molecule has 0 aliphatic carbocycles. The molecule has 1 fully saturated rings. The van der Waals surface area contributed by atoms with Crippen LogP contribution < -0.4 is 10.2 Å². The number of aliphatic hydroxyl groups is 1. The van der Waals surface area contributed by atoms with Crippen molar-refractivity contribution in [3.05, 3.63) is 64.2 Å². The van der Waals surface area contributed by atoms with E-state index in [0.717, 1.165) is 44.0 Å². The molecule has 1 saturated heterocycles. The van der Waals surface area contributed by atoms with Crippen LogP contribution in [0.5, 0.6) is 0 Å². The van der Waals surface area contributed by atoms with Crippen molar-refractivity contribution < 1.29 is 18.8 Å². The smallest absolute Gasteiger partial charge is 0.295 e. The summed E-state index contributed by atoms with van der Waals surface area (Å²) in [5.74, 6) is -0.948. The second kappa shape index (κ2) is 8.94. The summed E-state index contributed by atoms with van der Waals surface area (Å²) in [6, 6.07) is 9.65. The zero-order chi connectivity index (χ0) is 20.1. The van der Waals surface area contributed by atoms with Gasteiger partial charge in [0.2, 0.25) is 0 Å². The van der Waals surface area contributed by atoms with E-state index in [0.29, 0.717) is 6.54 Å². The molecule has 1 aliphatic heterocycles. The van der Waals surface area contributed by atoms with E-state index in [2.05, 4.69) is 15.1 Å². The predicted octanol–water partition coefficient (Wildman–Crippen LogP) is 2.47. The summed E-state index contributed by atoms with van der Waals surface area (Å²) in [5, 5.41) is 24.1. The maximum Gasteiger partial charge on any atom is 0.295 e. The topological polar surface area (TPSA) is 81.9 Å². The maximum atomic E-state index is 13.2. The third-order valence-electron chi connectivity index (χ3n) is 4.72. The third kappa shape index (κ3) is 5.14. The molecule has 0 aromatic heterocycles. The highest BCUT2D eigenvalue weighted by Gasteiger charge is 2.20. The predicted molar refractivity (Wildman–Crippen MR) is 103 cm³/mol. The Kier molecular flexibility index (Phi) is 6.37. The monoisotopic (exact) mass is 392 g/mol. The first kappa shape index (κ1) is 20.0. The van der Waals surface area contributed by atoms with Gasteiger partial charge in [-0.05, 0) is 36.4 Å². The van der Waals surface area contributed by atoms with Gasteiger partial charge in [-0.3, -0.25) is 15.0 Å². The molecule has 3 rings (SSSR count). The number of benzene rings is 2. The van der Waals surface area contributed by atoms with E-state index in [1.807, 2.05) is 0 Å². The van der Waals surface area contributed by atoms with Crippen molar-refractivity contribution in [2.75, 3.05) is 49.5 Å². The van der Waals surface area contributed by atoms with Gasteiger partial charge < -0.3 is 15.3 Å². The van der Waals surface area contributed by atoms with Gasteiger partial charge in [0.05, 0.1) is 17.1 Å². The lowest BCUT2D eigenvalue weighted by atomic mass is 10.2. The number of hydrogen-bond acceptors (Lipinski definition) is 6. The van der Waals surface area contributed by atoms with Crippen LogP contribution >= 0.6 is 0 Å². The van der Waals surface area contributed by atoms with Crippen LogP contribution in [0.2, 0.25) is 0 Å². The molecule has 0 bridgehead atoms. The molecule has 0 amide bonds. The fourth-order valence-corrected chi connectivity index (χ4v) is 3.24. The number of piperazine rings is 1. The van der Waals surface area contributed by atoms with E-state index < -0.39 is 16.8 Å². The van der Waals surface area contributed by atoms with Gasteiger partial charge in [-0.25, -0.2) is 8.78 Å². The van der Waals surface area contributed by atoms with Gasteiger partial charge in [0, 0.05) is 45.0 Å². The van der Waals surface area contributed by atoms with Crippen molar-refractivity contribution in [1.82, 2.24) is 4.90 Å². The van der Waals surface area contributed by atoms with Crippen LogP contribution in [0.1, 0.15) is 0 Å². The number of β-amino-alcohol motifs (C(OH)–C–C–N with tert-alkyl or cyclic N) is 1. The van der Waals surface area contributed by atoms with Crippen molar-refractivity contribution in [3.8, 4) is 0 Å². The molecule has 0 spiro atoms. The minimum absolute atomic E-state index is 0.116. The first-order valence-corrected chi connectivity index (χ1v) is 9.01. The van der Waals surface area contributed by atoms with Crippen LogP contribution in [0.4, 0.5) is 25.8 Å². The number of nitro benzene ring substituents is 1. The van der Waals surface area contributed by atoms with E-state index in [4.69, 9.17) is 0 Å². The average Bonchev–Trinajstić information content (AvgIpc) is 2.68. The Hall–Kier alpha value is -2.78. The van der Waals surface area contributed by atoms with Gasteiger partial charge in [-0.15, -0.1) is 0 Å². The number of rotatable bonds is 7. The summed E-state index contributed by atoms with van der Waals surface area (Å²) < 4.78 is 26.2. The SMILES string of the molecule is O=[N+]([O-])c1cc(F)ccc1NCC(O)CN1CCN(c2ccc(F)cc2)CC1. The first-order chi connectivity index (χ1) is 13.4. The van der Waals surface area contributed by atoms with Gasteiger partial charge in [0.1, 0.15) is 17.3 Å². The molecule has 1 unspecified atom stereocenters. The van der Waals surface area contributed by atoms with E-state index >= 15 is 0 Å². The van der Waals surface area contributed by atoms with Crippen molar-refractivity contribution in [3.63, 3.8) is 0 Å². The second-order valence-corrected chi connectivity index (χ2v) is 6.72. The van der Waals surface area contributed by atoms with E-state index in [1.165, 1.54) is 18.2 Å². The van der Waals surface area contributed by atoms with Gasteiger partial charge in [0.15, 0.2) is 0 Å². The van der Waals surface area contributed by atoms with Crippen molar-refractivity contribution in [2.24, 2.45) is 0 Å². The number of nitrogens with zero attached hydrogens (tertiary/aromatic N) is 3. The lowest BCUT2D eigenvalue weighted by molar-refractivity contribution is -0.384. The third-order valence-corrected chi connectivity index (χ3v) is 4.72. The van der Waals surface area contributed by atoms with E-state index in [9.17, 15) is 24.0 Å². The molecule has 0 radical (unpaired) electrons. The number of nitrogens with one attached hydrogen (secondary N) is 1. The van der Waals surface area contributed by atoms with Crippen LogP contribution in [-0.2, 0) is 0 Å². The average molecular weight is 392 g/mol. The van der Waals surface area contributed by atoms with Crippen LogP contribution in [0.15, 0.2) is 42.5 Å². The summed E-state index contributed by atoms with van der Waals surface area (Å²) >= 11 is 0. The first-order valence-electron chi connectivity index (χ1n) is 9.01. The lowest BCUT2D eigenvalue weighted by Gasteiger charge is -2.37. The number of anilines is 2. The summed E-state index contributed by atoms with van der Waals surface area (Å²) in [7, 11) is 0. The molecule has 28 heavy (non-hydrogen) atoms. The van der Waals surface area contributed by atoms with Gasteiger partial charge in [-0.2, -0.15) is 0 Å². The molecule has 2 aromatic carbocycles. The summed E-state index contributed by atoms with van der Waals surface area (Å²) in [6.07, 6.45) is -0.734. The Bertz CT molecular complexity index is 811. The second-order valence-electron chi connectivity index (χ2n) is 6.72. The molecule has 1 heterocycles. The Morgan fingerprint density at radius 2 is 1.71 bits per heavy atom. The molecule has 2 N–H and O–H groups in total. The lowest BCUT2D eigenvalue weighted by Crippen LogP contribution is -2.49. The highest BCUT2D eigenvalue weighted by Crippen LogP contribution is 2.25. The van der Waals surface area contributed by atoms with Gasteiger partial charge in [0.25, 0.3) is 5.69 Å². The number of halogens is 2. The Morgan fingerprint density at radius 1 is 1.07 bits per heavy atom. The van der Waals surface area contributed by atoms with Gasteiger partial charge in [-0.1, -0.05) is 0 Å². The van der Waals surface area contributed by atoms with E-state index in [-0.39, 0.29) is 23.7 Å². The minimum Gasteiger partial charge on any atom is -0.390 e. The van der Waals surface area contributed by atoms with Crippen LogP contribution in [0.3, 0.4) is 0 Å². The molecule has 9 heteroatoms. The minimum atomic E-state index is -0.734. The maximum absolute atomic E-state index is 13.2. The summed E-state index contributed by atoms with van der Waals surface area (Å²) in [4.78, 5) is 14.6. The Labute approximate surface area is 161 Å². The van der Waals surface area contributed by atoms with Crippen molar-refractivity contribution in [2.45, 2.75) is 6.10 Å². The van der Waals surface area contributed by atoms with Crippen LogP contribution in [0.25, 0.3) is 0 Å². The molecule has 1 aliphatic rings. The number of hydrogen-bond donors (Lipinski definition) is 2. The highest BCUT2D eigenvalue weighted by molar-refractivity contribution is 5.61. The molecular formula is C19H22F2N4O3. The fourth-order valence-electron chi connectivity index (χ4n) is 3.24. The quantitative estimate of drug-likeness (QED) is 0.557. The summed E-state index contributed by atoms with van der Waals surface area (Å²) in [6.45, 7) is 3.53. The molecule has 0 saturated carbocycles. The number of aliphatic hydroxyl groups excluding tert-OH is 1. The molecular weight excluding hydrogens is 370 g/mol. The zero-order valence-corrected chi connectivity index (χ0v) is 15.2. The number of nitro groups is 1. The van der Waals surface area contributed by atoms with E-state index in [1.54, 1.807) is 12.1 Å². The molecule has 1 atom stereocenters. The zero-order valence-electron chi connectivity index (χ0n) is 15.2. The summed E-state index contributed by atoms with van der Waals surface area (Å²) in [5.41, 5.74) is 0.776. The van der Waals surface area contributed by atoms with Crippen LogP contribution in [-0.4, -0.2) is 60.3 Å². The molecule has 150 valence electrons. The molecule has 7 nitrogen and oxygen atoms in total. The fraction of sp³-hybridized carbons (Fsp3) is 0.368.